The van der Waals surface area contributed by atoms with E-state index in [0.717, 1.165) is 50.6 Å². The number of carbonyl (C=O) groups is 1. The van der Waals surface area contributed by atoms with E-state index in [-0.39, 0.29) is 0 Å². The third kappa shape index (κ3) is 4.18. The molecule has 1 heterocycles. The molecule has 0 aliphatic rings. The standard InChI is InChI=1S/C24H20BrNO2/c25-21-9-10-24-23(14-21)20(11-12-27)16-26(24)15-19-7-4-8-22(13-19)28-17-18-5-2-1-3-6-18/h1-10,12-14,16H,11,15,17H2. The summed E-state index contributed by atoms with van der Waals surface area (Å²) in [6.07, 6.45) is 3.45. The second kappa shape index (κ2) is 8.44. The van der Waals surface area contributed by atoms with E-state index < -0.39 is 0 Å². The first-order chi connectivity index (χ1) is 13.7. The fourth-order valence-corrected chi connectivity index (χ4v) is 3.76. The molecular formula is C24H20BrNO2. The first kappa shape index (κ1) is 18.5. The molecule has 0 N–H and O–H groups in total. The molecule has 0 fully saturated rings. The molecule has 0 saturated heterocycles. The molecule has 0 spiro atoms. The van der Waals surface area contributed by atoms with Crippen LogP contribution in [0.2, 0.25) is 0 Å². The fraction of sp³-hybridized carbons (Fsp3) is 0.125. The molecule has 1 aromatic heterocycles. The number of nitrogens with zero attached hydrogens (tertiary/aromatic N) is 1. The van der Waals surface area contributed by atoms with E-state index in [9.17, 15) is 4.79 Å². The van der Waals surface area contributed by atoms with E-state index in [0.29, 0.717) is 13.0 Å². The Morgan fingerprint density at radius 3 is 2.57 bits per heavy atom. The van der Waals surface area contributed by atoms with E-state index >= 15 is 0 Å². The molecule has 0 aliphatic carbocycles. The van der Waals surface area contributed by atoms with Crippen molar-refractivity contribution in [2.45, 2.75) is 19.6 Å². The number of rotatable bonds is 7. The van der Waals surface area contributed by atoms with Crippen LogP contribution in [-0.4, -0.2) is 10.9 Å². The van der Waals surface area contributed by atoms with Gasteiger partial charge in [-0.3, -0.25) is 0 Å². The van der Waals surface area contributed by atoms with Gasteiger partial charge in [-0.1, -0.05) is 58.4 Å². The Balaban J connectivity index is 1.57. The van der Waals surface area contributed by atoms with Gasteiger partial charge in [-0.15, -0.1) is 0 Å². The number of fused-ring (bicyclic) bond motifs is 1. The SMILES string of the molecule is O=CCc1cn(Cc2cccc(OCc3ccccc3)c2)c2ccc(Br)cc12. The van der Waals surface area contributed by atoms with Crippen LogP contribution in [0.25, 0.3) is 10.9 Å². The van der Waals surface area contributed by atoms with Crippen molar-refractivity contribution in [1.29, 1.82) is 0 Å². The van der Waals surface area contributed by atoms with Crippen molar-refractivity contribution in [3.63, 3.8) is 0 Å². The number of ether oxygens (including phenoxy) is 1. The quantitative estimate of drug-likeness (QED) is 0.346. The maximum absolute atomic E-state index is 11.1. The molecular weight excluding hydrogens is 414 g/mol. The first-order valence-corrected chi connectivity index (χ1v) is 9.99. The zero-order valence-electron chi connectivity index (χ0n) is 15.3. The highest BCUT2D eigenvalue weighted by Crippen LogP contribution is 2.27. The van der Waals surface area contributed by atoms with Gasteiger partial charge >= 0.3 is 0 Å². The number of halogens is 1. The van der Waals surface area contributed by atoms with Crippen LogP contribution >= 0.6 is 15.9 Å². The Kier molecular flexibility index (Phi) is 5.58. The van der Waals surface area contributed by atoms with Gasteiger partial charge in [0.2, 0.25) is 0 Å². The number of carbonyl (C=O) groups excluding carboxylic acids is 1. The van der Waals surface area contributed by atoms with Gasteiger partial charge in [0, 0.05) is 34.5 Å². The van der Waals surface area contributed by atoms with Gasteiger partial charge in [0.1, 0.15) is 18.6 Å². The molecule has 140 valence electrons. The van der Waals surface area contributed by atoms with Crippen LogP contribution < -0.4 is 4.74 Å². The highest BCUT2D eigenvalue weighted by atomic mass is 79.9. The molecule has 28 heavy (non-hydrogen) atoms. The summed E-state index contributed by atoms with van der Waals surface area (Å²) in [6.45, 7) is 1.27. The molecule has 0 saturated carbocycles. The van der Waals surface area contributed by atoms with Gasteiger partial charge in [-0.25, -0.2) is 0 Å². The molecule has 0 radical (unpaired) electrons. The van der Waals surface area contributed by atoms with Crippen molar-refractivity contribution < 1.29 is 9.53 Å². The summed E-state index contributed by atoms with van der Waals surface area (Å²) in [4.78, 5) is 11.1. The molecule has 3 aromatic carbocycles. The summed E-state index contributed by atoms with van der Waals surface area (Å²) in [6, 6.07) is 24.5. The van der Waals surface area contributed by atoms with Crippen LogP contribution in [0, 0.1) is 0 Å². The summed E-state index contributed by atoms with van der Waals surface area (Å²) >= 11 is 3.53. The molecule has 3 nitrogen and oxygen atoms in total. The lowest BCUT2D eigenvalue weighted by Gasteiger charge is -2.10. The van der Waals surface area contributed by atoms with Crippen molar-refractivity contribution in [3.05, 3.63) is 100 Å². The van der Waals surface area contributed by atoms with Gasteiger partial charge in [0.15, 0.2) is 0 Å². The number of aromatic nitrogens is 1. The lowest BCUT2D eigenvalue weighted by molar-refractivity contribution is -0.107. The molecule has 0 aliphatic heterocycles. The predicted molar refractivity (Wildman–Crippen MR) is 116 cm³/mol. The topological polar surface area (TPSA) is 31.2 Å². The maximum atomic E-state index is 11.1. The van der Waals surface area contributed by atoms with Crippen LogP contribution in [0.1, 0.15) is 16.7 Å². The summed E-state index contributed by atoms with van der Waals surface area (Å²) in [5, 5.41) is 1.11. The third-order valence-corrected chi connectivity index (χ3v) is 5.22. The largest absolute Gasteiger partial charge is 0.489 e. The Hall–Kier alpha value is -2.85. The van der Waals surface area contributed by atoms with E-state index in [1.54, 1.807) is 0 Å². The Morgan fingerprint density at radius 1 is 0.929 bits per heavy atom. The zero-order chi connectivity index (χ0) is 19.3. The van der Waals surface area contributed by atoms with E-state index in [1.165, 1.54) is 0 Å². The monoisotopic (exact) mass is 433 g/mol. The minimum atomic E-state index is 0.417. The Labute approximate surface area is 172 Å². The van der Waals surface area contributed by atoms with Crippen molar-refractivity contribution in [1.82, 2.24) is 4.57 Å². The summed E-state index contributed by atoms with van der Waals surface area (Å²) in [5.74, 6) is 0.855. The fourth-order valence-electron chi connectivity index (χ4n) is 3.40. The molecule has 4 rings (SSSR count). The third-order valence-electron chi connectivity index (χ3n) is 4.73. The predicted octanol–water partition coefficient (Wildman–Crippen LogP) is 5.77. The van der Waals surface area contributed by atoms with E-state index in [4.69, 9.17) is 4.74 Å². The average Bonchev–Trinajstić information content (AvgIpc) is 3.04. The first-order valence-electron chi connectivity index (χ1n) is 9.19. The molecule has 4 aromatic rings. The van der Waals surface area contributed by atoms with Crippen LogP contribution in [0.15, 0.2) is 83.5 Å². The number of aldehydes is 1. The van der Waals surface area contributed by atoms with Crippen molar-refractivity contribution in [2.24, 2.45) is 0 Å². The molecule has 4 heteroatoms. The van der Waals surface area contributed by atoms with Crippen LogP contribution in [0.4, 0.5) is 0 Å². The second-order valence-electron chi connectivity index (χ2n) is 6.74. The number of benzene rings is 3. The van der Waals surface area contributed by atoms with Crippen molar-refractivity contribution >= 4 is 33.1 Å². The lowest BCUT2D eigenvalue weighted by Crippen LogP contribution is -2.00. The van der Waals surface area contributed by atoms with Crippen LogP contribution in [0.3, 0.4) is 0 Å². The number of hydrogen-bond donors (Lipinski definition) is 0. The smallest absolute Gasteiger partial charge is 0.124 e. The van der Waals surface area contributed by atoms with Gasteiger partial charge < -0.3 is 14.1 Å². The van der Waals surface area contributed by atoms with Gasteiger partial charge in [-0.05, 0) is 47.0 Å². The summed E-state index contributed by atoms with van der Waals surface area (Å²) in [7, 11) is 0. The van der Waals surface area contributed by atoms with Crippen LogP contribution in [-0.2, 0) is 24.4 Å². The zero-order valence-corrected chi connectivity index (χ0v) is 16.9. The maximum Gasteiger partial charge on any atom is 0.124 e. The van der Waals surface area contributed by atoms with Gasteiger partial charge in [0.05, 0.1) is 0 Å². The minimum absolute atomic E-state index is 0.417. The van der Waals surface area contributed by atoms with Crippen molar-refractivity contribution in [3.8, 4) is 5.75 Å². The lowest BCUT2D eigenvalue weighted by atomic mass is 10.1. The van der Waals surface area contributed by atoms with E-state index in [1.807, 2.05) is 36.4 Å². The van der Waals surface area contributed by atoms with Gasteiger partial charge in [-0.2, -0.15) is 0 Å². The van der Waals surface area contributed by atoms with Gasteiger partial charge in [0.25, 0.3) is 0 Å². The molecule has 0 bridgehead atoms. The number of hydrogen-bond acceptors (Lipinski definition) is 2. The average molecular weight is 434 g/mol. The Morgan fingerprint density at radius 2 is 1.75 bits per heavy atom. The molecule has 0 amide bonds. The second-order valence-corrected chi connectivity index (χ2v) is 7.65. The summed E-state index contributed by atoms with van der Waals surface area (Å²) < 4.78 is 9.16. The highest BCUT2D eigenvalue weighted by Gasteiger charge is 2.10. The van der Waals surface area contributed by atoms with E-state index in [2.05, 4.69) is 63.1 Å². The highest BCUT2D eigenvalue weighted by molar-refractivity contribution is 9.10. The summed E-state index contributed by atoms with van der Waals surface area (Å²) in [5.41, 5.74) is 4.47. The molecule has 0 atom stereocenters. The normalized spacial score (nSPS) is 10.9. The Bertz CT molecular complexity index is 1100. The minimum Gasteiger partial charge on any atom is -0.489 e. The van der Waals surface area contributed by atoms with Crippen LogP contribution in [0.5, 0.6) is 5.75 Å². The molecule has 0 unspecified atom stereocenters. The van der Waals surface area contributed by atoms with Crippen molar-refractivity contribution in [2.75, 3.05) is 0 Å².